The maximum atomic E-state index is 12.9. The summed E-state index contributed by atoms with van der Waals surface area (Å²) in [7, 11) is -6.01. The molecule has 2 saturated heterocycles. The molecule has 0 spiro atoms. The minimum atomic E-state index is -6.01. The van der Waals surface area contributed by atoms with E-state index in [9.17, 15) is 55.5 Å². The molecule has 2 atom stereocenters. The number of hydrogen-bond donors (Lipinski definition) is 3. The number of esters is 1. The first-order chi connectivity index (χ1) is 20.0. The van der Waals surface area contributed by atoms with Gasteiger partial charge in [0.25, 0.3) is 5.91 Å². The Balaban J connectivity index is 1.40. The number of β-lactam (4-membered cyclic amide) rings is 1. The van der Waals surface area contributed by atoms with Crippen LogP contribution >= 0.6 is 11.8 Å². The van der Waals surface area contributed by atoms with Gasteiger partial charge < -0.3 is 20.5 Å². The van der Waals surface area contributed by atoms with E-state index in [2.05, 4.69) is 10.6 Å². The molecule has 1 aromatic carbocycles. The van der Waals surface area contributed by atoms with Crippen molar-refractivity contribution in [2.45, 2.75) is 30.3 Å². The summed E-state index contributed by atoms with van der Waals surface area (Å²) in [4.78, 5) is 74.9. The van der Waals surface area contributed by atoms with Gasteiger partial charge >= 0.3 is 39.5 Å². The number of nitrogens with zero attached hydrogens (tertiary/aromatic N) is 3. The predicted molar refractivity (Wildman–Crippen MR) is 139 cm³/mol. The fourth-order valence-corrected chi connectivity index (χ4v) is 6.62. The molecule has 1 unspecified atom stereocenters. The molecule has 1 aromatic rings. The largest absolute Gasteiger partial charge is 0.516 e. The van der Waals surface area contributed by atoms with Crippen LogP contribution in [0, 0.1) is 0 Å². The van der Waals surface area contributed by atoms with Gasteiger partial charge in [-0.3, -0.25) is 19.3 Å². The Hall–Kier alpha value is -4.33. The van der Waals surface area contributed by atoms with Crippen molar-refractivity contribution >= 4 is 63.3 Å². The number of carbonyl (C=O) groups excluding carboxylic acids is 5. The molecular weight excluding hydrogens is 627 g/mol. The van der Waals surface area contributed by atoms with Crippen LogP contribution in [-0.4, -0.2) is 106 Å². The number of sulfonamides is 1. The Morgan fingerprint density at radius 2 is 1.81 bits per heavy atom. The Morgan fingerprint density at radius 1 is 1.14 bits per heavy atom. The normalized spacial score (nSPS) is 20.4. The summed E-state index contributed by atoms with van der Waals surface area (Å²) in [6.45, 7) is -0.737. The lowest BCUT2D eigenvalue weighted by Crippen LogP contribution is -2.70. The van der Waals surface area contributed by atoms with Crippen LogP contribution < -0.4 is 10.6 Å². The van der Waals surface area contributed by atoms with Crippen molar-refractivity contribution in [3.63, 3.8) is 0 Å². The molecule has 232 valence electrons. The maximum absolute atomic E-state index is 12.9. The zero-order chi connectivity index (χ0) is 31.9. The number of benzene rings is 1. The van der Waals surface area contributed by atoms with Crippen molar-refractivity contribution < 1.29 is 60.2 Å². The average molecular weight is 650 g/mol. The van der Waals surface area contributed by atoms with Gasteiger partial charge in [0.2, 0.25) is 5.91 Å². The number of anilines is 1. The SMILES string of the molecule is CC(=O)OCC1=C(C(=O)O)N2C(=O)C(NC(=O)Cc3ccccc3NC(=O)N3CCN(S(=O)(=O)C(F)(F)F)C3=O)[C@H]2SC1. The Bertz CT molecular complexity index is 1550. The zero-order valence-corrected chi connectivity index (χ0v) is 23.5. The van der Waals surface area contributed by atoms with E-state index in [0.29, 0.717) is 0 Å². The van der Waals surface area contributed by atoms with Crippen LogP contribution in [0.5, 0.6) is 0 Å². The summed E-state index contributed by atoms with van der Waals surface area (Å²) in [6.07, 6.45) is -0.417. The highest BCUT2D eigenvalue weighted by atomic mass is 32.2. The Labute approximate surface area is 245 Å². The van der Waals surface area contributed by atoms with Crippen LogP contribution in [0.15, 0.2) is 35.5 Å². The first kappa shape index (κ1) is 31.6. The monoisotopic (exact) mass is 649 g/mol. The second-order valence-corrected chi connectivity index (χ2v) is 12.2. The minimum absolute atomic E-state index is 0.0209. The van der Waals surface area contributed by atoms with Crippen LogP contribution in [0.3, 0.4) is 0 Å². The number of thioether (sulfide) groups is 1. The second kappa shape index (κ2) is 11.7. The molecule has 2 fully saturated rings. The van der Waals surface area contributed by atoms with Crippen molar-refractivity contribution in [3.05, 3.63) is 41.1 Å². The maximum Gasteiger partial charge on any atom is 0.516 e. The summed E-state index contributed by atoms with van der Waals surface area (Å²) < 4.78 is 66.2. The molecule has 0 aliphatic carbocycles. The third-order valence-corrected chi connectivity index (χ3v) is 9.27. The van der Waals surface area contributed by atoms with Crippen molar-refractivity contribution in [3.8, 4) is 0 Å². The highest BCUT2D eigenvalue weighted by molar-refractivity contribution is 8.00. The quantitative estimate of drug-likeness (QED) is 0.264. The fraction of sp³-hybridized carbons (Fsp3) is 0.391. The number of nitrogens with one attached hydrogen (secondary N) is 2. The molecule has 6 amide bonds. The molecule has 15 nitrogen and oxygen atoms in total. The molecule has 43 heavy (non-hydrogen) atoms. The number of aliphatic carboxylic acids is 1. The van der Waals surface area contributed by atoms with E-state index in [-0.39, 0.29) is 39.8 Å². The summed E-state index contributed by atoms with van der Waals surface area (Å²) >= 11 is 1.15. The third-order valence-electron chi connectivity index (χ3n) is 6.42. The standard InChI is InChI=1S/C23H22F3N5O10S2/c1-11(32)41-9-13-10-42-19-16(18(34)31(19)17(13)20(35)36)28-15(33)8-12-4-2-3-5-14(12)27-21(37)29-6-7-30(22(29)38)43(39,40)23(24,25)26/h2-5,16,19H,6-10H2,1H3,(H,27,37)(H,28,33)(H,35,36)/t16?,19-/m1/s1. The van der Waals surface area contributed by atoms with E-state index in [4.69, 9.17) is 4.74 Å². The summed E-state index contributed by atoms with van der Waals surface area (Å²) in [5.74, 6) is -3.35. The molecule has 4 rings (SSSR count). The molecule has 3 heterocycles. The summed E-state index contributed by atoms with van der Waals surface area (Å²) in [5, 5.41) is 13.7. The van der Waals surface area contributed by atoms with Crippen LogP contribution in [-0.2, 0) is 40.4 Å². The Morgan fingerprint density at radius 3 is 2.44 bits per heavy atom. The molecule has 3 N–H and O–H groups in total. The van der Waals surface area contributed by atoms with E-state index < -0.39 is 86.6 Å². The number of fused-ring (bicyclic) bond motifs is 1. The van der Waals surface area contributed by atoms with E-state index in [1.807, 2.05) is 0 Å². The molecule has 3 aliphatic rings. The molecule has 0 aromatic heterocycles. The average Bonchev–Trinajstić information content (AvgIpc) is 3.32. The summed E-state index contributed by atoms with van der Waals surface area (Å²) in [5.41, 5.74) is -5.72. The van der Waals surface area contributed by atoms with Crippen LogP contribution in [0.1, 0.15) is 12.5 Å². The van der Waals surface area contributed by atoms with E-state index >= 15 is 0 Å². The van der Waals surface area contributed by atoms with Crippen molar-refractivity contribution in [1.82, 2.24) is 19.4 Å². The number of hydrogen-bond acceptors (Lipinski definition) is 10. The predicted octanol–water partition coefficient (Wildman–Crippen LogP) is 0.650. The highest BCUT2D eigenvalue weighted by Gasteiger charge is 2.56. The number of urea groups is 2. The number of amides is 6. The number of imide groups is 1. The van der Waals surface area contributed by atoms with E-state index in [1.54, 1.807) is 0 Å². The van der Waals surface area contributed by atoms with Gasteiger partial charge in [0, 0.05) is 23.9 Å². The van der Waals surface area contributed by atoms with Crippen LogP contribution in [0.2, 0.25) is 0 Å². The van der Waals surface area contributed by atoms with Gasteiger partial charge in [-0.25, -0.2) is 23.6 Å². The first-order valence-electron chi connectivity index (χ1n) is 12.2. The van der Waals surface area contributed by atoms with Crippen LogP contribution in [0.25, 0.3) is 0 Å². The number of para-hydroxylation sites is 1. The number of carboxylic acid groups (broad SMARTS) is 1. The number of halogens is 3. The van der Waals surface area contributed by atoms with Gasteiger partial charge in [0.05, 0.1) is 19.5 Å². The van der Waals surface area contributed by atoms with Crippen molar-refractivity contribution in [2.24, 2.45) is 0 Å². The molecule has 0 bridgehead atoms. The fourth-order valence-electron chi connectivity index (χ4n) is 4.41. The molecular formula is C23H22F3N5O10S2. The van der Waals surface area contributed by atoms with Crippen LogP contribution in [0.4, 0.5) is 28.4 Å². The lowest BCUT2D eigenvalue weighted by molar-refractivity contribution is -0.151. The van der Waals surface area contributed by atoms with Gasteiger partial charge in [-0.15, -0.1) is 11.8 Å². The number of carbonyl (C=O) groups is 6. The summed E-state index contributed by atoms with van der Waals surface area (Å²) in [6, 6.07) is 1.66. The smallest absolute Gasteiger partial charge is 0.477 e. The topological polar surface area (TPSA) is 200 Å². The van der Waals surface area contributed by atoms with Gasteiger partial charge in [-0.2, -0.15) is 21.6 Å². The second-order valence-electron chi connectivity index (χ2n) is 9.21. The number of rotatable bonds is 8. The number of carboxylic acids is 1. The number of ether oxygens (including phenoxy) is 1. The zero-order valence-electron chi connectivity index (χ0n) is 21.9. The lowest BCUT2D eigenvalue weighted by Gasteiger charge is -2.49. The first-order valence-corrected chi connectivity index (χ1v) is 14.7. The lowest BCUT2D eigenvalue weighted by atomic mass is 10.0. The highest BCUT2D eigenvalue weighted by Crippen LogP contribution is 2.40. The molecule has 0 radical (unpaired) electrons. The van der Waals surface area contributed by atoms with Gasteiger partial charge in [-0.1, -0.05) is 18.2 Å². The van der Waals surface area contributed by atoms with Gasteiger partial charge in [0.15, 0.2) is 0 Å². The minimum Gasteiger partial charge on any atom is -0.477 e. The molecule has 20 heteroatoms. The molecule has 3 aliphatic heterocycles. The third kappa shape index (κ3) is 6.10. The van der Waals surface area contributed by atoms with Gasteiger partial charge in [-0.05, 0) is 11.6 Å². The number of alkyl halides is 3. The van der Waals surface area contributed by atoms with E-state index in [0.717, 1.165) is 23.6 Å². The Kier molecular flexibility index (Phi) is 8.63. The molecule has 0 saturated carbocycles. The van der Waals surface area contributed by atoms with Crippen molar-refractivity contribution in [2.75, 3.05) is 30.8 Å². The van der Waals surface area contributed by atoms with E-state index in [1.165, 1.54) is 24.3 Å². The van der Waals surface area contributed by atoms with Gasteiger partial charge in [0.1, 0.15) is 23.7 Å². The van der Waals surface area contributed by atoms with Crippen molar-refractivity contribution in [1.29, 1.82) is 0 Å².